The topological polar surface area (TPSA) is 35.8 Å². The van der Waals surface area contributed by atoms with Gasteiger partial charge >= 0.3 is 0 Å². The number of nitrogens with zero attached hydrogens (tertiary/aromatic N) is 2. The molecule has 0 radical (unpaired) electrons. The van der Waals surface area contributed by atoms with Crippen LogP contribution in [0.25, 0.3) is 0 Å². The largest absolute Gasteiger partial charge is 0.507 e. The van der Waals surface area contributed by atoms with E-state index in [-0.39, 0.29) is 11.8 Å². The number of thioether (sulfide) groups is 2. The van der Waals surface area contributed by atoms with Crippen LogP contribution in [0.1, 0.15) is 5.56 Å². The van der Waals surface area contributed by atoms with Gasteiger partial charge in [0.1, 0.15) is 16.6 Å². The number of phenolic OH excluding ortho intramolecular Hbond substituents is 1. The highest BCUT2D eigenvalue weighted by molar-refractivity contribution is 8.14. The van der Waals surface area contributed by atoms with Gasteiger partial charge in [0.2, 0.25) is 0 Å². The van der Waals surface area contributed by atoms with Crippen molar-refractivity contribution in [1.82, 2.24) is 4.90 Å². The molecule has 1 aromatic carbocycles. The standard InChI is InChI=1S/C13H15FN2OS2/c1-16-4-5-18-13(16)10-7-19-12(15-10)9-3-2-8(14)6-11(9)17/h2-3,6,10,13,17H,4-5,7H2,1H3. The number of rotatable bonds is 2. The highest BCUT2D eigenvalue weighted by Gasteiger charge is 2.33. The van der Waals surface area contributed by atoms with Crippen LogP contribution in [0, 0.1) is 5.82 Å². The number of aromatic hydroxyl groups is 1. The van der Waals surface area contributed by atoms with Gasteiger partial charge in [-0.05, 0) is 19.2 Å². The maximum atomic E-state index is 13.0. The first-order valence-electron chi connectivity index (χ1n) is 6.16. The van der Waals surface area contributed by atoms with Gasteiger partial charge in [-0.25, -0.2) is 4.39 Å². The first-order valence-corrected chi connectivity index (χ1v) is 8.20. The summed E-state index contributed by atoms with van der Waals surface area (Å²) in [6.07, 6.45) is 0. The maximum absolute atomic E-state index is 13.0. The van der Waals surface area contributed by atoms with Crippen LogP contribution in [0.5, 0.6) is 5.75 Å². The van der Waals surface area contributed by atoms with E-state index in [2.05, 4.69) is 11.9 Å². The van der Waals surface area contributed by atoms with Gasteiger partial charge in [0.25, 0.3) is 0 Å². The van der Waals surface area contributed by atoms with Crippen LogP contribution in [0.2, 0.25) is 0 Å². The Bertz CT molecular complexity index is 523. The van der Waals surface area contributed by atoms with Crippen LogP contribution in [0.4, 0.5) is 4.39 Å². The smallest absolute Gasteiger partial charge is 0.128 e. The van der Waals surface area contributed by atoms with E-state index in [1.54, 1.807) is 17.8 Å². The number of likely N-dealkylation sites (N-methyl/N-ethyl adjacent to an activating group) is 1. The van der Waals surface area contributed by atoms with Crippen molar-refractivity contribution in [3.05, 3.63) is 29.6 Å². The van der Waals surface area contributed by atoms with Crippen molar-refractivity contribution in [3.63, 3.8) is 0 Å². The molecule has 0 aromatic heterocycles. The summed E-state index contributed by atoms with van der Waals surface area (Å²) in [7, 11) is 2.12. The molecule has 1 N–H and O–H groups in total. The second-order valence-corrected chi connectivity index (χ2v) is 6.95. The Balaban J connectivity index is 1.82. The van der Waals surface area contributed by atoms with Gasteiger partial charge in [-0.1, -0.05) is 0 Å². The Morgan fingerprint density at radius 3 is 3.00 bits per heavy atom. The van der Waals surface area contributed by atoms with Crippen molar-refractivity contribution in [2.45, 2.75) is 11.4 Å². The van der Waals surface area contributed by atoms with E-state index >= 15 is 0 Å². The number of hydrogen-bond acceptors (Lipinski definition) is 5. The predicted molar refractivity (Wildman–Crippen MR) is 79.7 cm³/mol. The second-order valence-electron chi connectivity index (χ2n) is 4.72. The van der Waals surface area contributed by atoms with E-state index in [4.69, 9.17) is 4.99 Å². The van der Waals surface area contributed by atoms with Crippen LogP contribution in [-0.4, -0.2) is 51.6 Å². The molecule has 0 saturated carbocycles. The number of aliphatic imine (C=N–C) groups is 1. The van der Waals surface area contributed by atoms with Crippen molar-refractivity contribution in [3.8, 4) is 5.75 Å². The van der Waals surface area contributed by atoms with Gasteiger partial charge in [0, 0.05) is 29.7 Å². The first kappa shape index (κ1) is 13.3. The molecule has 2 atom stereocenters. The summed E-state index contributed by atoms with van der Waals surface area (Å²) in [5, 5.41) is 11.1. The Morgan fingerprint density at radius 2 is 2.32 bits per heavy atom. The van der Waals surface area contributed by atoms with Crippen molar-refractivity contribution in [2.75, 3.05) is 25.1 Å². The fourth-order valence-electron chi connectivity index (χ4n) is 2.35. The highest BCUT2D eigenvalue weighted by atomic mass is 32.2. The molecule has 19 heavy (non-hydrogen) atoms. The zero-order valence-electron chi connectivity index (χ0n) is 10.5. The normalized spacial score (nSPS) is 27.8. The average molecular weight is 298 g/mol. The summed E-state index contributed by atoms with van der Waals surface area (Å²) < 4.78 is 13.0. The van der Waals surface area contributed by atoms with Gasteiger partial charge in [0.15, 0.2) is 0 Å². The van der Waals surface area contributed by atoms with E-state index in [1.807, 2.05) is 11.8 Å². The number of benzene rings is 1. The molecule has 1 saturated heterocycles. The van der Waals surface area contributed by atoms with Crippen LogP contribution >= 0.6 is 23.5 Å². The molecule has 1 fully saturated rings. The van der Waals surface area contributed by atoms with Gasteiger partial charge in [-0.3, -0.25) is 9.89 Å². The van der Waals surface area contributed by atoms with E-state index in [0.717, 1.165) is 29.2 Å². The lowest BCUT2D eigenvalue weighted by Gasteiger charge is -2.21. The van der Waals surface area contributed by atoms with Crippen LogP contribution in [-0.2, 0) is 0 Å². The highest BCUT2D eigenvalue weighted by Crippen LogP contribution is 2.35. The van der Waals surface area contributed by atoms with Crippen molar-refractivity contribution in [1.29, 1.82) is 0 Å². The molecule has 0 spiro atoms. The summed E-state index contributed by atoms with van der Waals surface area (Å²) in [6.45, 7) is 1.10. The number of phenols is 1. The summed E-state index contributed by atoms with van der Waals surface area (Å²) in [6, 6.07) is 4.36. The summed E-state index contributed by atoms with van der Waals surface area (Å²) in [5.41, 5.74) is 0.638. The SMILES string of the molecule is CN1CCSC1C1CSC(c2ccc(F)cc2O)=N1. The molecule has 3 nitrogen and oxygen atoms in total. The molecule has 0 amide bonds. The minimum atomic E-state index is -0.424. The van der Waals surface area contributed by atoms with Crippen LogP contribution < -0.4 is 0 Å². The summed E-state index contributed by atoms with van der Waals surface area (Å²) in [4.78, 5) is 7.04. The molecule has 0 aliphatic carbocycles. The van der Waals surface area contributed by atoms with Gasteiger partial charge in [0.05, 0.1) is 11.4 Å². The van der Waals surface area contributed by atoms with E-state index in [9.17, 15) is 9.50 Å². The lowest BCUT2D eigenvalue weighted by Crippen LogP contribution is -2.33. The number of halogens is 1. The molecule has 0 bridgehead atoms. The zero-order chi connectivity index (χ0) is 13.4. The van der Waals surface area contributed by atoms with Gasteiger partial charge < -0.3 is 5.11 Å². The molecule has 2 aliphatic heterocycles. The third-order valence-corrected chi connectivity index (χ3v) is 5.90. The van der Waals surface area contributed by atoms with E-state index in [1.165, 1.54) is 6.07 Å². The third-order valence-electron chi connectivity index (χ3n) is 3.36. The summed E-state index contributed by atoms with van der Waals surface area (Å²) in [5.74, 6) is 1.62. The molecule has 3 rings (SSSR count). The molecule has 2 heterocycles. The molecule has 2 aliphatic rings. The first-order chi connectivity index (χ1) is 9.15. The minimum absolute atomic E-state index is 0.0284. The van der Waals surface area contributed by atoms with Crippen LogP contribution in [0.3, 0.4) is 0 Å². The van der Waals surface area contributed by atoms with Gasteiger partial charge in [-0.2, -0.15) is 0 Å². The number of hydrogen-bond donors (Lipinski definition) is 1. The lowest BCUT2D eigenvalue weighted by molar-refractivity contribution is 0.328. The van der Waals surface area contributed by atoms with Crippen LogP contribution in [0.15, 0.2) is 23.2 Å². The van der Waals surface area contributed by atoms with E-state index in [0.29, 0.717) is 10.9 Å². The molecular formula is C13H15FN2OS2. The molecule has 1 aromatic rings. The average Bonchev–Trinajstić information content (AvgIpc) is 2.97. The fourth-order valence-corrected chi connectivity index (χ4v) is 4.96. The molecular weight excluding hydrogens is 283 g/mol. The molecule has 102 valence electrons. The Morgan fingerprint density at radius 1 is 1.47 bits per heavy atom. The Kier molecular flexibility index (Phi) is 3.73. The Labute approximate surface area is 120 Å². The molecule has 6 heteroatoms. The predicted octanol–water partition coefficient (Wildman–Crippen LogP) is 2.40. The zero-order valence-corrected chi connectivity index (χ0v) is 12.2. The summed E-state index contributed by atoms with van der Waals surface area (Å²) >= 11 is 3.57. The molecule has 2 unspecified atom stereocenters. The lowest BCUT2D eigenvalue weighted by atomic mass is 10.2. The minimum Gasteiger partial charge on any atom is -0.507 e. The van der Waals surface area contributed by atoms with Crippen molar-refractivity contribution in [2.24, 2.45) is 4.99 Å². The van der Waals surface area contributed by atoms with Crippen molar-refractivity contribution >= 4 is 28.6 Å². The van der Waals surface area contributed by atoms with Crippen molar-refractivity contribution < 1.29 is 9.50 Å². The van der Waals surface area contributed by atoms with Gasteiger partial charge in [-0.15, -0.1) is 23.5 Å². The maximum Gasteiger partial charge on any atom is 0.128 e. The quantitative estimate of drug-likeness (QED) is 0.909. The Hall–Kier alpha value is -0.720. The monoisotopic (exact) mass is 298 g/mol. The third kappa shape index (κ3) is 2.61. The fraction of sp³-hybridized carbons (Fsp3) is 0.462. The second kappa shape index (κ2) is 5.34. The van der Waals surface area contributed by atoms with E-state index < -0.39 is 5.82 Å².